The summed E-state index contributed by atoms with van der Waals surface area (Å²) in [7, 11) is -3.80. The lowest BCUT2D eigenvalue weighted by Crippen LogP contribution is -2.18. The largest absolute Gasteiger partial charge is 0.306 e. The Labute approximate surface area is 172 Å². The molecule has 0 bridgehead atoms. The van der Waals surface area contributed by atoms with Crippen LogP contribution in [-0.2, 0) is 10.0 Å². The first-order valence-electron chi connectivity index (χ1n) is 8.75. The Hall–Kier alpha value is -3.23. The van der Waals surface area contributed by atoms with E-state index >= 15 is 0 Å². The molecule has 0 saturated heterocycles. The molecule has 0 aliphatic carbocycles. The van der Waals surface area contributed by atoms with Gasteiger partial charge in [0.05, 0.1) is 11.3 Å². The Morgan fingerprint density at radius 1 is 1.00 bits per heavy atom. The molecule has 0 spiro atoms. The molecule has 0 aliphatic rings. The normalized spacial score (nSPS) is 11.3. The summed E-state index contributed by atoms with van der Waals surface area (Å²) in [4.78, 5) is 17.1. The van der Waals surface area contributed by atoms with E-state index in [0.29, 0.717) is 5.82 Å². The number of hydrogen-bond acceptors (Lipinski definition) is 5. The minimum Gasteiger partial charge on any atom is -0.306 e. The van der Waals surface area contributed by atoms with E-state index in [1.54, 1.807) is 35.8 Å². The highest BCUT2D eigenvalue weighted by atomic mass is 32.2. The number of pyridine rings is 1. The Kier molecular flexibility index (Phi) is 5.04. The zero-order chi connectivity index (χ0) is 20.4. The van der Waals surface area contributed by atoms with Crippen molar-refractivity contribution >= 4 is 49.5 Å². The van der Waals surface area contributed by atoms with Crippen molar-refractivity contribution in [1.82, 2.24) is 4.98 Å². The monoisotopic (exact) mass is 423 g/mol. The minimum absolute atomic E-state index is 0.178. The molecule has 0 unspecified atom stereocenters. The van der Waals surface area contributed by atoms with Crippen LogP contribution in [0.4, 0.5) is 11.5 Å². The smallest absolute Gasteiger partial charge is 0.271 e. The first-order chi connectivity index (χ1) is 13.9. The van der Waals surface area contributed by atoms with Gasteiger partial charge in [-0.05, 0) is 59.0 Å². The van der Waals surface area contributed by atoms with Gasteiger partial charge in [0.25, 0.3) is 15.9 Å². The molecule has 0 radical (unpaired) electrons. The van der Waals surface area contributed by atoms with Crippen molar-refractivity contribution in [2.75, 3.05) is 10.0 Å². The lowest BCUT2D eigenvalue weighted by atomic mass is 10.0. The SMILES string of the molecule is Cc1ccnc(NC(=O)c2cc3ccccc3cc2NS(=O)(=O)c2cccs2)c1. The Morgan fingerprint density at radius 3 is 2.45 bits per heavy atom. The number of aryl methyl sites for hydroxylation is 1. The number of amides is 1. The van der Waals surface area contributed by atoms with E-state index in [1.807, 2.05) is 37.3 Å². The van der Waals surface area contributed by atoms with E-state index in [-0.39, 0.29) is 15.5 Å². The van der Waals surface area contributed by atoms with Gasteiger partial charge in [0, 0.05) is 6.20 Å². The minimum atomic E-state index is -3.80. The van der Waals surface area contributed by atoms with Gasteiger partial charge in [0.2, 0.25) is 0 Å². The number of rotatable bonds is 5. The second-order valence-electron chi connectivity index (χ2n) is 6.46. The molecule has 4 aromatic rings. The van der Waals surface area contributed by atoms with Gasteiger partial charge >= 0.3 is 0 Å². The third kappa shape index (κ3) is 4.13. The third-order valence-corrected chi connectivity index (χ3v) is 7.05. The summed E-state index contributed by atoms with van der Waals surface area (Å²) in [5, 5.41) is 6.08. The van der Waals surface area contributed by atoms with Crippen molar-refractivity contribution in [3.63, 3.8) is 0 Å². The fraction of sp³-hybridized carbons (Fsp3) is 0.0476. The quantitative estimate of drug-likeness (QED) is 0.489. The van der Waals surface area contributed by atoms with Crippen LogP contribution in [0.2, 0.25) is 0 Å². The number of anilines is 2. The lowest BCUT2D eigenvalue weighted by Gasteiger charge is -2.14. The van der Waals surface area contributed by atoms with Gasteiger partial charge in [-0.15, -0.1) is 11.3 Å². The number of carbonyl (C=O) groups excluding carboxylic acids is 1. The standard InChI is InChI=1S/C21H17N3O3S2/c1-14-8-9-22-19(11-14)23-21(25)17-12-15-5-2-3-6-16(15)13-18(17)24-29(26,27)20-7-4-10-28-20/h2-13,24H,1H3,(H,22,23,25). The number of benzene rings is 2. The second kappa shape index (κ2) is 7.65. The summed E-state index contributed by atoms with van der Waals surface area (Å²) in [5.74, 6) is -0.0482. The highest BCUT2D eigenvalue weighted by Crippen LogP contribution is 2.28. The van der Waals surface area contributed by atoms with Gasteiger partial charge in [-0.25, -0.2) is 13.4 Å². The maximum atomic E-state index is 13.0. The van der Waals surface area contributed by atoms with E-state index in [2.05, 4.69) is 15.0 Å². The second-order valence-corrected chi connectivity index (χ2v) is 9.31. The highest BCUT2D eigenvalue weighted by molar-refractivity contribution is 7.94. The molecular formula is C21H17N3O3S2. The number of nitrogens with one attached hydrogen (secondary N) is 2. The van der Waals surface area contributed by atoms with Gasteiger partial charge in [0.15, 0.2) is 0 Å². The zero-order valence-corrected chi connectivity index (χ0v) is 17.0. The maximum Gasteiger partial charge on any atom is 0.271 e. The molecule has 4 rings (SSSR count). The van der Waals surface area contributed by atoms with Crippen LogP contribution in [0.3, 0.4) is 0 Å². The summed E-state index contributed by atoms with van der Waals surface area (Å²) in [6.45, 7) is 1.90. The first-order valence-corrected chi connectivity index (χ1v) is 11.1. The average Bonchev–Trinajstić information content (AvgIpc) is 3.23. The molecule has 2 aromatic heterocycles. The molecule has 0 fully saturated rings. The molecule has 0 saturated carbocycles. The number of aromatic nitrogens is 1. The van der Waals surface area contributed by atoms with Crippen LogP contribution in [0.15, 0.2) is 76.4 Å². The summed E-state index contributed by atoms with van der Waals surface area (Å²) in [6, 6.07) is 17.5. The number of nitrogens with zero attached hydrogens (tertiary/aromatic N) is 1. The molecule has 8 heteroatoms. The van der Waals surface area contributed by atoms with E-state index < -0.39 is 15.9 Å². The van der Waals surface area contributed by atoms with E-state index in [9.17, 15) is 13.2 Å². The highest BCUT2D eigenvalue weighted by Gasteiger charge is 2.21. The van der Waals surface area contributed by atoms with Crippen molar-refractivity contribution in [2.45, 2.75) is 11.1 Å². The number of sulfonamides is 1. The fourth-order valence-electron chi connectivity index (χ4n) is 2.91. The molecule has 2 aromatic carbocycles. The number of thiophene rings is 1. The van der Waals surface area contributed by atoms with E-state index in [4.69, 9.17) is 0 Å². The summed E-state index contributed by atoms with van der Waals surface area (Å²) in [5.41, 5.74) is 1.38. The van der Waals surface area contributed by atoms with Gasteiger partial charge in [-0.3, -0.25) is 9.52 Å². The van der Waals surface area contributed by atoms with Crippen molar-refractivity contribution in [3.8, 4) is 0 Å². The molecule has 0 atom stereocenters. The van der Waals surface area contributed by atoms with Gasteiger partial charge in [-0.1, -0.05) is 30.3 Å². The van der Waals surface area contributed by atoms with E-state index in [1.165, 1.54) is 6.07 Å². The van der Waals surface area contributed by atoms with E-state index in [0.717, 1.165) is 27.7 Å². The number of fused-ring (bicyclic) bond motifs is 1. The topological polar surface area (TPSA) is 88.2 Å². The van der Waals surface area contributed by atoms with Crippen molar-refractivity contribution in [3.05, 3.63) is 83.4 Å². The van der Waals surface area contributed by atoms with Crippen LogP contribution in [0.5, 0.6) is 0 Å². The molecule has 29 heavy (non-hydrogen) atoms. The third-order valence-electron chi connectivity index (χ3n) is 4.29. The predicted molar refractivity (Wildman–Crippen MR) is 116 cm³/mol. The Morgan fingerprint density at radius 2 is 1.76 bits per heavy atom. The Bertz CT molecular complexity index is 1300. The predicted octanol–water partition coefficient (Wildman–Crippen LogP) is 4.66. The first kappa shape index (κ1) is 19.1. The molecule has 6 nitrogen and oxygen atoms in total. The average molecular weight is 424 g/mol. The van der Waals surface area contributed by atoms with Gasteiger partial charge < -0.3 is 5.32 Å². The van der Waals surface area contributed by atoms with Gasteiger partial charge in [0.1, 0.15) is 10.0 Å². The molecule has 0 aliphatic heterocycles. The fourth-order valence-corrected chi connectivity index (χ4v) is 4.98. The summed E-state index contributed by atoms with van der Waals surface area (Å²) < 4.78 is 28.2. The lowest BCUT2D eigenvalue weighted by molar-refractivity contribution is 0.102. The number of carbonyl (C=O) groups is 1. The van der Waals surface area contributed by atoms with Crippen molar-refractivity contribution in [1.29, 1.82) is 0 Å². The molecule has 146 valence electrons. The van der Waals surface area contributed by atoms with Crippen LogP contribution in [-0.4, -0.2) is 19.3 Å². The van der Waals surface area contributed by atoms with Gasteiger partial charge in [-0.2, -0.15) is 0 Å². The summed E-state index contributed by atoms with van der Waals surface area (Å²) in [6.07, 6.45) is 1.60. The zero-order valence-electron chi connectivity index (χ0n) is 15.4. The Balaban J connectivity index is 1.77. The van der Waals surface area contributed by atoms with Crippen LogP contribution in [0, 0.1) is 6.92 Å². The van der Waals surface area contributed by atoms with Crippen LogP contribution < -0.4 is 10.0 Å². The van der Waals surface area contributed by atoms with Crippen molar-refractivity contribution < 1.29 is 13.2 Å². The van der Waals surface area contributed by atoms with Crippen molar-refractivity contribution in [2.24, 2.45) is 0 Å². The molecule has 2 N–H and O–H groups in total. The van der Waals surface area contributed by atoms with Crippen LogP contribution in [0.25, 0.3) is 10.8 Å². The van der Waals surface area contributed by atoms with Crippen LogP contribution in [0.1, 0.15) is 15.9 Å². The molecular weight excluding hydrogens is 406 g/mol. The van der Waals surface area contributed by atoms with Crippen LogP contribution >= 0.6 is 11.3 Å². The molecule has 2 heterocycles. The summed E-state index contributed by atoms with van der Waals surface area (Å²) >= 11 is 1.11. The maximum absolute atomic E-state index is 13.0. The molecule has 1 amide bonds. The number of hydrogen-bond donors (Lipinski definition) is 2.